The molecule has 1 saturated heterocycles. The van der Waals surface area contributed by atoms with Crippen LogP contribution in [0.5, 0.6) is 0 Å². The zero-order valence-electron chi connectivity index (χ0n) is 24.3. The van der Waals surface area contributed by atoms with E-state index in [0.717, 1.165) is 49.3 Å². The zero-order chi connectivity index (χ0) is 29.4. The van der Waals surface area contributed by atoms with Crippen molar-refractivity contribution in [2.75, 3.05) is 24.5 Å². The predicted octanol–water partition coefficient (Wildman–Crippen LogP) is 4.97. The molecular weight excluding hydrogens is 533 g/mol. The average Bonchev–Trinajstić information content (AvgIpc) is 3.66. The Morgan fingerprint density at radius 1 is 1.14 bits per heavy atom. The number of rotatable bonds is 8. The number of halogens is 1. The molecule has 0 atom stereocenters. The number of aromatic nitrogens is 6. The van der Waals surface area contributed by atoms with Crippen molar-refractivity contribution in [2.45, 2.75) is 65.1 Å². The van der Waals surface area contributed by atoms with Crippen LogP contribution in [0.1, 0.15) is 64.5 Å². The number of pyridine rings is 1. The van der Waals surface area contributed by atoms with Gasteiger partial charge in [-0.3, -0.25) is 9.48 Å². The van der Waals surface area contributed by atoms with Crippen molar-refractivity contribution in [1.29, 1.82) is 5.26 Å². The Labute approximate surface area is 244 Å². The fourth-order valence-corrected chi connectivity index (χ4v) is 6.05. The molecule has 11 heteroatoms. The molecule has 218 valence electrons. The highest BCUT2D eigenvalue weighted by Crippen LogP contribution is 2.38. The monoisotopic (exact) mass is 569 g/mol. The van der Waals surface area contributed by atoms with E-state index in [1.807, 2.05) is 29.2 Å². The van der Waals surface area contributed by atoms with Gasteiger partial charge in [0.1, 0.15) is 29.1 Å². The Morgan fingerprint density at radius 2 is 1.93 bits per heavy atom. The predicted molar refractivity (Wildman–Crippen MR) is 157 cm³/mol. The maximum absolute atomic E-state index is 13.2. The van der Waals surface area contributed by atoms with Crippen molar-refractivity contribution in [2.24, 2.45) is 11.3 Å². The third-order valence-corrected chi connectivity index (χ3v) is 9.00. The molecule has 5 heterocycles. The van der Waals surface area contributed by atoms with Crippen LogP contribution in [-0.2, 0) is 4.79 Å². The number of alkyl halides is 1. The van der Waals surface area contributed by atoms with Crippen LogP contribution < -0.4 is 10.2 Å². The molecule has 1 amide bonds. The third kappa shape index (κ3) is 5.10. The molecule has 0 aromatic carbocycles. The molecule has 0 unspecified atom stereocenters. The van der Waals surface area contributed by atoms with Gasteiger partial charge in [0.2, 0.25) is 5.91 Å². The van der Waals surface area contributed by atoms with Gasteiger partial charge in [-0.15, -0.1) is 0 Å². The Morgan fingerprint density at radius 3 is 2.55 bits per heavy atom. The van der Waals surface area contributed by atoms with Crippen LogP contribution in [0.15, 0.2) is 43.1 Å². The number of anilines is 1. The van der Waals surface area contributed by atoms with Crippen molar-refractivity contribution in [3.05, 3.63) is 48.7 Å². The van der Waals surface area contributed by atoms with Crippen LogP contribution in [0.3, 0.4) is 0 Å². The second-order valence-electron chi connectivity index (χ2n) is 11.9. The van der Waals surface area contributed by atoms with Crippen molar-refractivity contribution in [3.8, 4) is 28.6 Å². The minimum absolute atomic E-state index is 0.0956. The lowest BCUT2D eigenvalue weighted by Gasteiger charge is -2.41. The SMILES string of the molecule is CCC1(C(=O)NC[C@H]2C[C@H](F)C2)CCN(c2ccc(-c3nc(-c4cnn(C(C)C)c4)cn4ncc(C#N)c34)cn2)CC1. The number of amides is 1. The van der Waals surface area contributed by atoms with Gasteiger partial charge in [0.05, 0.1) is 35.4 Å². The highest BCUT2D eigenvalue weighted by molar-refractivity contribution is 5.84. The highest BCUT2D eigenvalue weighted by atomic mass is 19.1. The van der Waals surface area contributed by atoms with E-state index >= 15 is 0 Å². The molecule has 42 heavy (non-hydrogen) atoms. The van der Waals surface area contributed by atoms with E-state index in [1.165, 1.54) is 0 Å². The minimum Gasteiger partial charge on any atom is -0.357 e. The maximum Gasteiger partial charge on any atom is 0.226 e. The largest absolute Gasteiger partial charge is 0.357 e. The van der Waals surface area contributed by atoms with E-state index in [-0.39, 0.29) is 17.9 Å². The summed E-state index contributed by atoms with van der Waals surface area (Å²) < 4.78 is 16.7. The van der Waals surface area contributed by atoms with E-state index in [2.05, 4.69) is 47.3 Å². The summed E-state index contributed by atoms with van der Waals surface area (Å²) in [5.74, 6) is 1.20. The van der Waals surface area contributed by atoms with Crippen LogP contribution >= 0.6 is 0 Å². The van der Waals surface area contributed by atoms with Crippen LogP contribution in [-0.4, -0.2) is 61.1 Å². The summed E-state index contributed by atoms with van der Waals surface area (Å²) in [4.78, 5) is 25.1. The molecule has 1 N–H and O–H groups in total. The van der Waals surface area contributed by atoms with Gasteiger partial charge < -0.3 is 10.2 Å². The summed E-state index contributed by atoms with van der Waals surface area (Å²) in [7, 11) is 0. The van der Waals surface area contributed by atoms with Crippen LogP contribution in [0.25, 0.3) is 28.0 Å². The highest BCUT2D eigenvalue weighted by Gasteiger charge is 2.40. The van der Waals surface area contributed by atoms with Gasteiger partial charge in [0.25, 0.3) is 0 Å². The van der Waals surface area contributed by atoms with E-state index in [4.69, 9.17) is 9.97 Å². The summed E-state index contributed by atoms with van der Waals surface area (Å²) in [5.41, 5.74) is 3.65. The summed E-state index contributed by atoms with van der Waals surface area (Å²) in [6.07, 6.45) is 11.6. The fourth-order valence-electron chi connectivity index (χ4n) is 6.05. The van der Waals surface area contributed by atoms with E-state index < -0.39 is 11.6 Å². The number of piperidine rings is 1. The zero-order valence-corrected chi connectivity index (χ0v) is 24.3. The Hall–Kier alpha value is -4.33. The first-order chi connectivity index (χ1) is 20.3. The van der Waals surface area contributed by atoms with Gasteiger partial charge >= 0.3 is 0 Å². The topological polar surface area (TPSA) is 117 Å². The smallest absolute Gasteiger partial charge is 0.226 e. The number of hydrogen-bond donors (Lipinski definition) is 1. The van der Waals surface area contributed by atoms with Gasteiger partial charge in [-0.2, -0.15) is 15.5 Å². The first kappa shape index (κ1) is 27.8. The summed E-state index contributed by atoms with van der Waals surface area (Å²) in [6.45, 7) is 8.23. The lowest BCUT2D eigenvalue weighted by atomic mass is 9.75. The average molecular weight is 570 g/mol. The summed E-state index contributed by atoms with van der Waals surface area (Å²) >= 11 is 0. The first-order valence-corrected chi connectivity index (χ1v) is 14.8. The van der Waals surface area contributed by atoms with E-state index in [9.17, 15) is 14.4 Å². The van der Waals surface area contributed by atoms with Crippen molar-refractivity contribution in [1.82, 2.24) is 34.7 Å². The molecular formula is C31H36FN9O. The Bertz CT molecular complexity index is 1620. The second-order valence-corrected chi connectivity index (χ2v) is 11.9. The van der Waals surface area contributed by atoms with Gasteiger partial charge in [-0.05, 0) is 64.0 Å². The Kier molecular flexibility index (Phi) is 7.39. The van der Waals surface area contributed by atoms with E-state index in [0.29, 0.717) is 41.9 Å². The Balaban J connectivity index is 1.21. The summed E-state index contributed by atoms with van der Waals surface area (Å²) in [5, 5.41) is 21.7. The van der Waals surface area contributed by atoms with Crippen molar-refractivity contribution >= 4 is 17.2 Å². The molecule has 10 nitrogen and oxygen atoms in total. The lowest BCUT2D eigenvalue weighted by molar-refractivity contribution is -0.133. The van der Waals surface area contributed by atoms with Gasteiger partial charge in [-0.1, -0.05) is 6.92 Å². The molecule has 4 aromatic rings. The molecule has 6 rings (SSSR count). The summed E-state index contributed by atoms with van der Waals surface area (Å²) in [6, 6.07) is 6.40. The number of nitriles is 1. The van der Waals surface area contributed by atoms with Gasteiger partial charge in [0.15, 0.2) is 0 Å². The van der Waals surface area contributed by atoms with Crippen LogP contribution in [0, 0.1) is 22.7 Å². The molecule has 1 saturated carbocycles. The molecule has 0 spiro atoms. The van der Waals surface area contributed by atoms with Crippen molar-refractivity contribution < 1.29 is 9.18 Å². The van der Waals surface area contributed by atoms with Gasteiger partial charge in [0, 0.05) is 49.2 Å². The van der Waals surface area contributed by atoms with Crippen LogP contribution in [0.2, 0.25) is 0 Å². The first-order valence-electron chi connectivity index (χ1n) is 14.8. The number of hydrogen-bond acceptors (Lipinski definition) is 7. The molecule has 1 aliphatic heterocycles. The molecule has 4 aromatic heterocycles. The standard InChI is InChI=1S/C31H36FN9O/c1-4-31(30(42)35-14-21-11-25(32)12-21)7-9-39(10-8-31)27-6-5-22(15-34-27)28-29-23(13-33)16-37-41(29)19-26(38-28)24-17-36-40(18-24)20(2)3/h5-6,15-21,25H,4,7-12,14H2,1-3H3,(H,35,42)/t21-,25-. The number of carbonyl (C=O) groups excluding carboxylic acids is 1. The number of carbonyl (C=O) groups is 1. The molecule has 2 fully saturated rings. The van der Waals surface area contributed by atoms with Crippen LogP contribution in [0.4, 0.5) is 10.2 Å². The molecule has 2 aliphatic rings. The quantitative estimate of drug-likeness (QED) is 0.318. The molecule has 1 aliphatic carbocycles. The minimum atomic E-state index is -0.705. The van der Waals surface area contributed by atoms with Gasteiger partial charge in [-0.25, -0.2) is 18.9 Å². The third-order valence-electron chi connectivity index (χ3n) is 9.00. The fraction of sp³-hybridized carbons (Fsp3) is 0.484. The maximum atomic E-state index is 13.2. The number of fused-ring (bicyclic) bond motifs is 1. The molecule has 0 bridgehead atoms. The van der Waals surface area contributed by atoms with Crippen molar-refractivity contribution in [3.63, 3.8) is 0 Å². The molecule has 0 radical (unpaired) electrons. The van der Waals surface area contributed by atoms with E-state index in [1.54, 1.807) is 23.1 Å². The normalized spacial score (nSPS) is 20.0. The second kappa shape index (κ2) is 11.2. The lowest BCUT2D eigenvalue weighted by Crippen LogP contribution is -2.50. The number of nitrogens with zero attached hydrogens (tertiary/aromatic N) is 8. The number of nitrogens with one attached hydrogen (secondary N) is 1.